The van der Waals surface area contributed by atoms with E-state index < -0.39 is 0 Å². The summed E-state index contributed by atoms with van der Waals surface area (Å²) < 4.78 is 25.8. The monoisotopic (exact) mass is 434 g/mol. The van der Waals surface area contributed by atoms with Crippen LogP contribution in [0, 0.1) is 5.92 Å². The smallest absolute Gasteiger partial charge is 0.403 e. The van der Waals surface area contributed by atoms with Crippen molar-refractivity contribution in [2.24, 2.45) is 5.92 Å². The molecule has 6 heteroatoms. The van der Waals surface area contributed by atoms with E-state index in [0.717, 1.165) is 18.8 Å². The highest BCUT2D eigenvalue weighted by atomic mass is 16.7. The van der Waals surface area contributed by atoms with Crippen molar-refractivity contribution >= 4 is 14.2 Å². The van der Waals surface area contributed by atoms with Crippen molar-refractivity contribution in [3.63, 3.8) is 0 Å². The van der Waals surface area contributed by atoms with Crippen molar-refractivity contribution in [2.45, 2.75) is 143 Å². The summed E-state index contributed by atoms with van der Waals surface area (Å²) in [5, 5.41) is 0. The first-order chi connectivity index (χ1) is 14.1. The summed E-state index contributed by atoms with van der Waals surface area (Å²) in [4.78, 5) is 0. The zero-order chi connectivity index (χ0) is 23.7. The van der Waals surface area contributed by atoms with Gasteiger partial charge in [-0.2, -0.15) is 0 Å². The number of hydrogen-bond donors (Lipinski definition) is 0. The summed E-state index contributed by atoms with van der Waals surface area (Å²) in [6.07, 6.45) is 9.39. The van der Waals surface area contributed by atoms with E-state index in [0.29, 0.717) is 0 Å². The van der Waals surface area contributed by atoms with Gasteiger partial charge in [-0.15, -0.1) is 0 Å². The number of rotatable bonds is 10. The lowest BCUT2D eigenvalue weighted by atomic mass is 9.50. The van der Waals surface area contributed by atoms with Gasteiger partial charge < -0.3 is 18.6 Å². The summed E-state index contributed by atoms with van der Waals surface area (Å²) in [5.74, 6) is 0.753. The Kier molecular flexibility index (Phi) is 8.62. The molecule has 0 aliphatic carbocycles. The lowest BCUT2D eigenvalue weighted by Gasteiger charge is -2.32. The van der Waals surface area contributed by atoms with Crippen molar-refractivity contribution in [1.29, 1.82) is 0 Å². The maximum absolute atomic E-state index is 6.44. The lowest BCUT2D eigenvalue weighted by Crippen LogP contribution is -2.41. The van der Waals surface area contributed by atoms with E-state index in [1.165, 1.54) is 31.3 Å². The summed E-state index contributed by atoms with van der Waals surface area (Å²) in [7, 11) is -0.621. The average Bonchev–Trinajstić information content (AvgIpc) is 2.93. The molecule has 0 aromatic heterocycles. The molecule has 0 radical (unpaired) electrons. The minimum absolute atomic E-state index is 0.0584. The van der Waals surface area contributed by atoms with Gasteiger partial charge in [0.15, 0.2) is 0 Å². The fourth-order valence-electron chi connectivity index (χ4n) is 4.20. The highest BCUT2D eigenvalue weighted by molar-refractivity contribution is 6.68. The zero-order valence-electron chi connectivity index (χ0n) is 22.3. The lowest BCUT2D eigenvalue weighted by molar-refractivity contribution is 0.00578. The predicted molar refractivity (Wildman–Crippen MR) is 132 cm³/mol. The van der Waals surface area contributed by atoms with E-state index in [9.17, 15) is 0 Å². The number of allylic oxidation sites excluding steroid dienone is 2. The van der Waals surface area contributed by atoms with Crippen LogP contribution in [0.5, 0.6) is 0 Å². The van der Waals surface area contributed by atoms with E-state index in [1.54, 1.807) is 0 Å². The minimum atomic E-state index is -0.348. The van der Waals surface area contributed by atoms with Crippen LogP contribution in [0.15, 0.2) is 11.6 Å². The first-order valence-electron chi connectivity index (χ1n) is 12.4. The molecule has 178 valence electrons. The summed E-state index contributed by atoms with van der Waals surface area (Å²) >= 11 is 0. The molecule has 0 spiro atoms. The molecular weight excluding hydrogens is 386 g/mol. The van der Waals surface area contributed by atoms with Crippen molar-refractivity contribution in [3.8, 4) is 0 Å². The van der Waals surface area contributed by atoms with Gasteiger partial charge in [-0.05, 0) is 88.0 Å². The SMILES string of the molecule is CC(C)=CCCC(C)CCCCC(B1OC(C)(C)C(C)(C)O1)B1OC(C)(C)C(C)(C)O1. The van der Waals surface area contributed by atoms with Crippen molar-refractivity contribution in [2.75, 3.05) is 0 Å². The Labute approximate surface area is 193 Å². The van der Waals surface area contributed by atoms with E-state index >= 15 is 0 Å². The van der Waals surface area contributed by atoms with Crippen LogP contribution < -0.4 is 0 Å². The summed E-state index contributed by atoms with van der Waals surface area (Å²) in [6, 6.07) is 0. The second kappa shape index (κ2) is 9.91. The Morgan fingerprint density at radius 1 is 0.677 bits per heavy atom. The van der Waals surface area contributed by atoms with Gasteiger partial charge in [-0.25, -0.2) is 0 Å². The molecule has 0 aromatic carbocycles. The molecule has 2 saturated heterocycles. The molecule has 1 atom stereocenters. The molecule has 0 aromatic rings. The predicted octanol–water partition coefficient (Wildman–Crippen LogP) is 7.02. The fraction of sp³-hybridized carbons (Fsp3) is 0.920. The van der Waals surface area contributed by atoms with Crippen LogP contribution >= 0.6 is 0 Å². The van der Waals surface area contributed by atoms with Gasteiger partial charge in [0, 0.05) is 5.72 Å². The molecule has 1 unspecified atom stereocenters. The Morgan fingerprint density at radius 3 is 1.45 bits per heavy atom. The van der Waals surface area contributed by atoms with Crippen molar-refractivity contribution in [1.82, 2.24) is 0 Å². The van der Waals surface area contributed by atoms with Crippen LogP contribution in [0.3, 0.4) is 0 Å². The quantitative estimate of drug-likeness (QED) is 0.210. The Bertz CT molecular complexity index is 555. The second-order valence-electron chi connectivity index (χ2n) is 12.2. The molecule has 0 amide bonds. The minimum Gasteiger partial charge on any atom is -0.403 e. The van der Waals surface area contributed by atoms with E-state index in [2.05, 4.69) is 82.2 Å². The van der Waals surface area contributed by atoms with Gasteiger partial charge >= 0.3 is 14.2 Å². The van der Waals surface area contributed by atoms with Gasteiger partial charge in [0.25, 0.3) is 0 Å². The van der Waals surface area contributed by atoms with Crippen LogP contribution in [0.2, 0.25) is 5.72 Å². The van der Waals surface area contributed by atoms with E-state index in [-0.39, 0.29) is 42.4 Å². The molecule has 31 heavy (non-hydrogen) atoms. The fourth-order valence-corrected chi connectivity index (χ4v) is 4.20. The maximum atomic E-state index is 6.44. The highest BCUT2D eigenvalue weighted by Crippen LogP contribution is 2.46. The third-order valence-corrected chi connectivity index (χ3v) is 7.94. The van der Waals surface area contributed by atoms with Crippen LogP contribution in [0.1, 0.15) is 115 Å². The average molecular weight is 434 g/mol. The van der Waals surface area contributed by atoms with Gasteiger partial charge in [-0.3, -0.25) is 0 Å². The maximum Gasteiger partial charge on any atom is 0.458 e. The summed E-state index contributed by atoms with van der Waals surface area (Å²) in [6.45, 7) is 23.6. The van der Waals surface area contributed by atoms with Crippen LogP contribution in [-0.2, 0) is 18.6 Å². The Morgan fingerprint density at radius 2 is 1.06 bits per heavy atom. The van der Waals surface area contributed by atoms with Crippen LogP contribution in [0.4, 0.5) is 0 Å². The molecule has 2 heterocycles. The van der Waals surface area contributed by atoms with Crippen molar-refractivity contribution in [3.05, 3.63) is 11.6 Å². The first kappa shape index (κ1) is 27.0. The number of unbranched alkanes of at least 4 members (excludes halogenated alkanes) is 1. The molecule has 2 fully saturated rings. The molecule has 0 bridgehead atoms. The van der Waals surface area contributed by atoms with Gasteiger partial charge in [0.2, 0.25) is 0 Å². The highest BCUT2D eigenvalue weighted by Gasteiger charge is 2.61. The molecule has 2 aliphatic rings. The van der Waals surface area contributed by atoms with E-state index in [4.69, 9.17) is 18.6 Å². The molecule has 0 N–H and O–H groups in total. The standard InChI is InChI=1S/C25H48B2O4/c1-19(2)15-14-17-20(3)16-12-13-18-21(26-28-22(4,5)23(6,7)29-26)27-30-24(8,9)25(10,11)31-27/h15,20-21H,12-14,16-18H2,1-11H3. The van der Waals surface area contributed by atoms with Gasteiger partial charge in [0.05, 0.1) is 22.4 Å². The number of hydrogen-bond acceptors (Lipinski definition) is 4. The second-order valence-corrected chi connectivity index (χ2v) is 12.2. The first-order valence-corrected chi connectivity index (χ1v) is 12.4. The summed E-state index contributed by atoms with van der Waals surface area (Å²) in [5.41, 5.74) is 0.0821. The topological polar surface area (TPSA) is 36.9 Å². The third-order valence-electron chi connectivity index (χ3n) is 7.94. The third kappa shape index (κ3) is 6.62. The van der Waals surface area contributed by atoms with Gasteiger partial charge in [-0.1, -0.05) is 44.3 Å². The molecule has 0 saturated carbocycles. The molecule has 4 nitrogen and oxygen atoms in total. The molecule has 2 rings (SSSR count). The zero-order valence-corrected chi connectivity index (χ0v) is 22.3. The Balaban J connectivity index is 1.99. The van der Waals surface area contributed by atoms with Crippen molar-refractivity contribution < 1.29 is 18.6 Å². The van der Waals surface area contributed by atoms with E-state index in [1.807, 2.05) is 0 Å². The normalized spacial score (nSPS) is 24.6. The van der Waals surface area contributed by atoms with Crippen LogP contribution in [0.25, 0.3) is 0 Å². The Hall–Kier alpha value is -0.290. The molecule has 2 aliphatic heterocycles. The van der Waals surface area contributed by atoms with Crippen LogP contribution in [-0.4, -0.2) is 36.6 Å². The largest absolute Gasteiger partial charge is 0.458 e. The molecular formula is C25H48B2O4. The van der Waals surface area contributed by atoms with Gasteiger partial charge in [0.1, 0.15) is 0 Å².